The fourth-order valence-corrected chi connectivity index (χ4v) is 1.14. The number of carbonyl (C=O) groups excluding carboxylic acids is 2. The highest BCUT2D eigenvalue weighted by Gasteiger charge is 2.16. The van der Waals surface area contributed by atoms with Gasteiger partial charge in [-0.25, -0.2) is 4.39 Å². The first kappa shape index (κ1) is 10.9. The van der Waals surface area contributed by atoms with Crippen molar-refractivity contribution in [3.05, 3.63) is 35.1 Å². The van der Waals surface area contributed by atoms with Gasteiger partial charge in [0.05, 0.1) is 10.9 Å². The number of aldehydes is 1. The van der Waals surface area contributed by atoms with Crippen molar-refractivity contribution in [2.45, 2.75) is 12.3 Å². The molecular formula is C10H8ClFO2. The van der Waals surface area contributed by atoms with E-state index in [1.165, 1.54) is 19.1 Å². The number of halogens is 2. The van der Waals surface area contributed by atoms with Crippen LogP contribution in [0, 0.1) is 5.82 Å². The zero-order valence-corrected chi connectivity index (χ0v) is 8.22. The third-order valence-electron chi connectivity index (χ3n) is 1.76. The first-order valence-corrected chi connectivity index (χ1v) is 4.43. The molecule has 74 valence electrons. The molecule has 1 unspecified atom stereocenters. The molecule has 1 rings (SSSR count). The van der Waals surface area contributed by atoms with Crippen LogP contribution in [-0.4, -0.2) is 17.4 Å². The quantitative estimate of drug-likeness (QED) is 0.440. The molecular weight excluding hydrogens is 207 g/mol. The second-order valence-electron chi connectivity index (χ2n) is 2.84. The van der Waals surface area contributed by atoms with Gasteiger partial charge in [-0.2, -0.15) is 0 Å². The van der Waals surface area contributed by atoms with E-state index in [2.05, 4.69) is 0 Å². The fraction of sp³-hybridized carbons (Fsp3) is 0.200. The van der Waals surface area contributed by atoms with E-state index in [0.29, 0.717) is 6.29 Å². The average molecular weight is 215 g/mol. The van der Waals surface area contributed by atoms with Crippen molar-refractivity contribution < 1.29 is 14.0 Å². The van der Waals surface area contributed by atoms with E-state index in [-0.39, 0.29) is 11.1 Å². The third kappa shape index (κ3) is 2.17. The highest BCUT2D eigenvalue weighted by Crippen LogP contribution is 2.13. The first-order valence-electron chi connectivity index (χ1n) is 3.99. The second-order valence-corrected chi connectivity index (χ2v) is 3.49. The summed E-state index contributed by atoms with van der Waals surface area (Å²) in [6.07, 6.45) is 0.515. The van der Waals surface area contributed by atoms with Crippen molar-refractivity contribution in [3.8, 4) is 0 Å². The average Bonchev–Trinajstić information content (AvgIpc) is 2.16. The number of benzene rings is 1. The van der Waals surface area contributed by atoms with Gasteiger partial charge in [0.1, 0.15) is 12.1 Å². The minimum absolute atomic E-state index is 0.0851. The Balaban J connectivity index is 3.12. The number of Topliss-reactive ketones (excluding diaryl/α,β-unsaturated/α-hetero) is 1. The number of ketones is 1. The van der Waals surface area contributed by atoms with Gasteiger partial charge in [-0.3, -0.25) is 9.59 Å². The largest absolute Gasteiger partial charge is 0.298 e. The van der Waals surface area contributed by atoms with Gasteiger partial charge in [-0.05, 0) is 19.1 Å². The van der Waals surface area contributed by atoms with E-state index in [1.807, 2.05) is 0 Å². The van der Waals surface area contributed by atoms with Crippen LogP contribution in [0.3, 0.4) is 0 Å². The molecule has 0 aromatic heterocycles. The maximum atomic E-state index is 13.2. The lowest BCUT2D eigenvalue weighted by Crippen LogP contribution is -2.12. The molecule has 14 heavy (non-hydrogen) atoms. The van der Waals surface area contributed by atoms with Gasteiger partial charge >= 0.3 is 0 Å². The Labute approximate surface area is 85.7 Å². The number of rotatable bonds is 3. The SMILES string of the molecule is CC(Cl)C(=O)c1ccc(C=O)cc1F. The van der Waals surface area contributed by atoms with Gasteiger partial charge < -0.3 is 0 Å². The first-order chi connectivity index (χ1) is 6.56. The van der Waals surface area contributed by atoms with Gasteiger partial charge in [0.15, 0.2) is 5.78 Å². The summed E-state index contributed by atoms with van der Waals surface area (Å²) in [5.41, 5.74) is 0.111. The standard InChI is InChI=1S/C10H8ClFO2/c1-6(11)10(14)8-3-2-7(5-13)4-9(8)12/h2-6H,1H3. The highest BCUT2D eigenvalue weighted by molar-refractivity contribution is 6.33. The maximum absolute atomic E-state index is 13.2. The Bertz CT molecular complexity index is 374. The van der Waals surface area contributed by atoms with E-state index >= 15 is 0 Å². The van der Waals surface area contributed by atoms with Gasteiger partial charge in [0.2, 0.25) is 0 Å². The summed E-state index contributed by atoms with van der Waals surface area (Å²) >= 11 is 5.52. The Kier molecular flexibility index (Phi) is 3.36. The van der Waals surface area contributed by atoms with Crippen LogP contribution in [0.4, 0.5) is 4.39 Å². The number of hydrogen-bond donors (Lipinski definition) is 0. The molecule has 1 atom stereocenters. The van der Waals surface area contributed by atoms with E-state index in [9.17, 15) is 14.0 Å². The summed E-state index contributed by atoms with van der Waals surface area (Å²) in [5, 5.41) is -0.772. The number of alkyl halides is 1. The minimum Gasteiger partial charge on any atom is -0.298 e. The molecule has 0 spiro atoms. The van der Waals surface area contributed by atoms with Crippen molar-refractivity contribution >= 4 is 23.7 Å². The molecule has 0 fully saturated rings. The molecule has 0 saturated carbocycles. The zero-order chi connectivity index (χ0) is 10.7. The van der Waals surface area contributed by atoms with Crippen LogP contribution in [-0.2, 0) is 0 Å². The van der Waals surface area contributed by atoms with Crippen LogP contribution in [0.25, 0.3) is 0 Å². The molecule has 4 heteroatoms. The number of carbonyl (C=O) groups is 2. The monoisotopic (exact) mass is 214 g/mol. The Hall–Kier alpha value is -1.22. The molecule has 0 amide bonds. The van der Waals surface area contributed by atoms with Crippen molar-refractivity contribution in [3.63, 3.8) is 0 Å². The molecule has 1 aromatic rings. The Morgan fingerprint density at radius 2 is 2.21 bits per heavy atom. The van der Waals surface area contributed by atoms with E-state index in [1.54, 1.807) is 0 Å². The van der Waals surface area contributed by atoms with Crippen molar-refractivity contribution in [2.75, 3.05) is 0 Å². The zero-order valence-electron chi connectivity index (χ0n) is 7.46. The molecule has 0 saturated heterocycles. The molecule has 0 N–H and O–H groups in total. The summed E-state index contributed by atoms with van der Waals surface area (Å²) in [5.74, 6) is -1.20. The van der Waals surface area contributed by atoms with Crippen molar-refractivity contribution in [1.82, 2.24) is 0 Å². The molecule has 0 aliphatic heterocycles. The van der Waals surface area contributed by atoms with Crippen LogP contribution < -0.4 is 0 Å². The van der Waals surface area contributed by atoms with Crippen LogP contribution >= 0.6 is 11.6 Å². The fourth-order valence-electron chi connectivity index (χ4n) is 1.02. The topological polar surface area (TPSA) is 34.1 Å². The smallest absolute Gasteiger partial charge is 0.183 e. The molecule has 0 aliphatic rings. The Morgan fingerprint density at radius 1 is 1.57 bits per heavy atom. The van der Waals surface area contributed by atoms with Gasteiger partial charge in [-0.15, -0.1) is 11.6 Å². The molecule has 2 nitrogen and oxygen atoms in total. The van der Waals surface area contributed by atoms with E-state index in [4.69, 9.17) is 11.6 Å². The summed E-state index contributed by atoms with van der Waals surface area (Å²) in [4.78, 5) is 21.6. The van der Waals surface area contributed by atoms with Gasteiger partial charge in [-0.1, -0.05) is 6.07 Å². The maximum Gasteiger partial charge on any atom is 0.183 e. The highest BCUT2D eigenvalue weighted by atomic mass is 35.5. The predicted octanol–water partition coefficient (Wildman–Crippen LogP) is 2.45. The van der Waals surface area contributed by atoms with Crippen molar-refractivity contribution in [2.24, 2.45) is 0 Å². The number of hydrogen-bond acceptors (Lipinski definition) is 2. The van der Waals surface area contributed by atoms with Crippen LogP contribution in [0.15, 0.2) is 18.2 Å². The summed E-state index contributed by atoms with van der Waals surface area (Å²) in [6, 6.07) is 3.66. The third-order valence-corrected chi connectivity index (χ3v) is 1.95. The summed E-state index contributed by atoms with van der Waals surface area (Å²) < 4.78 is 13.2. The normalized spacial score (nSPS) is 12.2. The molecule has 0 aliphatic carbocycles. The lowest BCUT2D eigenvalue weighted by Gasteiger charge is -2.03. The van der Waals surface area contributed by atoms with E-state index < -0.39 is 17.0 Å². The summed E-state index contributed by atoms with van der Waals surface area (Å²) in [6.45, 7) is 1.47. The lowest BCUT2D eigenvalue weighted by molar-refractivity contribution is 0.0987. The molecule has 0 radical (unpaired) electrons. The lowest BCUT2D eigenvalue weighted by atomic mass is 10.1. The molecule has 1 aromatic carbocycles. The molecule has 0 bridgehead atoms. The van der Waals surface area contributed by atoms with Crippen LogP contribution in [0.2, 0.25) is 0 Å². The summed E-state index contributed by atoms with van der Waals surface area (Å²) in [7, 11) is 0. The Morgan fingerprint density at radius 3 is 2.64 bits per heavy atom. The minimum atomic E-state index is -0.772. The van der Waals surface area contributed by atoms with Crippen LogP contribution in [0.1, 0.15) is 27.6 Å². The van der Waals surface area contributed by atoms with Crippen LogP contribution in [0.5, 0.6) is 0 Å². The van der Waals surface area contributed by atoms with E-state index in [0.717, 1.165) is 6.07 Å². The predicted molar refractivity (Wildman–Crippen MR) is 51.4 cm³/mol. The van der Waals surface area contributed by atoms with Gasteiger partial charge in [0.25, 0.3) is 0 Å². The molecule has 0 heterocycles. The van der Waals surface area contributed by atoms with Gasteiger partial charge in [0, 0.05) is 5.56 Å². The van der Waals surface area contributed by atoms with Crippen molar-refractivity contribution in [1.29, 1.82) is 0 Å². The second kappa shape index (κ2) is 4.33.